The van der Waals surface area contributed by atoms with Crippen LogP contribution in [-0.4, -0.2) is 17.0 Å². The Kier molecular flexibility index (Phi) is 4.72. The topological polar surface area (TPSA) is 79.5 Å². The molecule has 126 valence electrons. The van der Waals surface area contributed by atoms with Gasteiger partial charge < -0.3 is 14.8 Å². The second-order valence-electron chi connectivity index (χ2n) is 5.49. The van der Waals surface area contributed by atoms with Gasteiger partial charge in [-0.25, -0.2) is 4.79 Å². The summed E-state index contributed by atoms with van der Waals surface area (Å²) in [5.74, 6) is -1.02. The molecule has 0 saturated heterocycles. The lowest BCUT2D eigenvalue weighted by Gasteiger charge is -2.08. The predicted molar refractivity (Wildman–Crippen MR) is 97.9 cm³/mol. The molecule has 1 heterocycles. The van der Waals surface area contributed by atoms with Gasteiger partial charge in [0.15, 0.2) is 0 Å². The van der Waals surface area contributed by atoms with E-state index in [0.717, 1.165) is 5.56 Å². The van der Waals surface area contributed by atoms with Crippen molar-refractivity contribution in [2.24, 2.45) is 0 Å². The van der Waals surface area contributed by atoms with Crippen LogP contribution < -0.4 is 5.32 Å². The molecule has 1 amide bonds. The average molecular weight is 400 g/mol. The number of nitrogens with one attached hydrogen (secondary N) is 1. The van der Waals surface area contributed by atoms with E-state index in [2.05, 4.69) is 21.2 Å². The number of aromatic carboxylic acids is 1. The molecule has 0 unspecified atom stereocenters. The van der Waals surface area contributed by atoms with Gasteiger partial charge in [0.25, 0.3) is 5.91 Å². The van der Waals surface area contributed by atoms with Gasteiger partial charge in [-0.2, -0.15) is 0 Å². The number of carboxylic acids is 1. The number of carboxylic acid groups (broad SMARTS) is 1. The van der Waals surface area contributed by atoms with Crippen molar-refractivity contribution >= 4 is 33.5 Å². The second kappa shape index (κ2) is 6.94. The van der Waals surface area contributed by atoms with E-state index in [9.17, 15) is 9.59 Å². The van der Waals surface area contributed by atoms with Crippen molar-refractivity contribution in [2.45, 2.75) is 6.92 Å². The van der Waals surface area contributed by atoms with Crippen molar-refractivity contribution in [3.63, 3.8) is 0 Å². The third-order valence-electron chi connectivity index (χ3n) is 3.59. The number of halogens is 1. The molecule has 25 heavy (non-hydrogen) atoms. The van der Waals surface area contributed by atoms with Gasteiger partial charge in [0.05, 0.1) is 0 Å². The van der Waals surface area contributed by atoms with Gasteiger partial charge in [0.1, 0.15) is 5.76 Å². The first-order valence-corrected chi connectivity index (χ1v) is 8.24. The molecule has 0 aliphatic carbocycles. The second-order valence-corrected chi connectivity index (χ2v) is 6.34. The maximum Gasteiger partial charge on any atom is 0.371 e. The Morgan fingerprint density at radius 3 is 2.52 bits per heavy atom. The van der Waals surface area contributed by atoms with E-state index in [0.29, 0.717) is 27.0 Å². The van der Waals surface area contributed by atoms with Gasteiger partial charge in [-0.15, -0.1) is 0 Å². The lowest BCUT2D eigenvalue weighted by atomic mass is 10.1. The Labute approximate surface area is 152 Å². The number of furan rings is 1. The fourth-order valence-electron chi connectivity index (χ4n) is 2.38. The van der Waals surface area contributed by atoms with Crippen LogP contribution in [0.4, 0.5) is 5.69 Å². The molecule has 0 fully saturated rings. The van der Waals surface area contributed by atoms with Gasteiger partial charge in [0.2, 0.25) is 5.76 Å². The van der Waals surface area contributed by atoms with E-state index in [1.807, 2.05) is 25.1 Å². The van der Waals surface area contributed by atoms with E-state index in [-0.39, 0.29) is 11.7 Å². The first-order chi connectivity index (χ1) is 11.9. The molecule has 1 aromatic heterocycles. The summed E-state index contributed by atoms with van der Waals surface area (Å²) in [5.41, 5.74) is 2.90. The van der Waals surface area contributed by atoms with Crippen molar-refractivity contribution in [1.29, 1.82) is 0 Å². The third kappa shape index (κ3) is 3.80. The summed E-state index contributed by atoms with van der Waals surface area (Å²) < 4.78 is 5.98. The van der Waals surface area contributed by atoms with Gasteiger partial charge >= 0.3 is 5.97 Å². The van der Waals surface area contributed by atoms with Crippen LogP contribution in [0.1, 0.15) is 26.5 Å². The molecule has 0 atom stereocenters. The SMILES string of the molecule is Cc1cccc(C(=O)Nc2ccc(-c3ccc(C(=O)O)o3)c(Br)c2)c1. The number of aryl methyl sites for hydroxylation is 1. The quantitative estimate of drug-likeness (QED) is 0.648. The Balaban J connectivity index is 1.82. The predicted octanol–water partition coefficient (Wildman–Crippen LogP) is 4.97. The number of anilines is 1. The minimum Gasteiger partial charge on any atom is -0.475 e. The van der Waals surface area contributed by atoms with E-state index in [1.54, 1.807) is 30.3 Å². The fourth-order valence-corrected chi connectivity index (χ4v) is 2.95. The van der Waals surface area contributed by atoms with Crippen LogP contribution in [0.2, 0.25) is 0 Å². The van der Waals surface area contributed by atoms with Crippen molar-refractivity contribution in [3.05, 3.63) is 76.0 Å². The Morgan fingerprint density at radius 2 is 1.88 bits per heavy atom. The Morgan fingerprint density at radius 1 is 1.08 bits per heavy atom. The molecular weight excluding hydrogens is 386 g/mol. The van der Waals surface area contributed by atoms with Crippen LogP contribution in [0, 0.1) is 6.92 Å². The smallest absolute Gasteiger partial charge is 0.371 e. The molecule has 0 bridgehead atoms. The number of amides is 1. The summed E-state index contributed by atoms with van der Waals surface area (Å²) in [6, 6.07) is 15.5. The fraction of sp³-hybridized carbons (Fsp3) is 0.0526. The minimum absolute atomic E-state index is 0.126. The highest BCUT2D eigenvalue weighted by molar-refractivity contribution is 9.10. The molecule has 0 aliphatic rings. The highest BCUT2D eigenvalue weighted by Gasteiger charge is 2.14. The van der Waals surface area contributed by atoms with Crippen molar-refractivity contribution < 1.29 is 19.1 Å². The lowest BCUT2D eigenvalue weighted by Crippen LogP contribution is -2.11. The molecule has 3 aromatic rings. The van der Waals surface area contributed by atoms with E-state index < -0.39 is 5.97 Å². The Hall–Kier alpha value is -2.86. The summed E-state index contributed by atoms with van der Waals surface area (Å²) in [6.45, 7) is 1.93. The van der Waals surface area contributed by atoms with Crippen LogP contribution in [0.15, 0.2) is 63.5 Å². The van der Waals surface area contributed by atoms with Gasteiger partial charge in [-0.3, -0.25) is 4.79 Å². The maximum atomic E-state index is 12.3. The summed E-state index contributed by atoms with van der Waals surface area (Å²) in [7, 11) is 0. The third-order valence-corrected chi connectivity index (χ3v) is 4.25. The lowest BCUT2D eigenvalue weighted by molar-refractivity contribution is 0.0663. The maximum absolute atomic E-state index is 12.3. The minimum atomic E-state index is -1.12. The summed E-state index contributed by atoms with van der Waals surface area (Å²) in [6.07, 6.45) is 0. The van der Waals surface area contributed by atoms with Gasteiger partial charge in [0, 0.05) is 21.3 Å². The van der Waals surface area contributed by atoms with Gasteiger partial charge in [-0.05, 0) is 65.3 Å². The first-order valence-electron chi connectivity index (χ1n) is 7.45. The van der Waals surface area contributed by atoms with E-state index >= 15 is 0 Å². The summed E-state index contributed by atoms with van der Waals surface area (Å²) >= 11 is 3.43. The molecule has 0 saturated carbocycles. The Bertz CT molecular complexity index is 962. The largest absolute Gasteiger partial charge is 0.475 e. The zero-order valence-electron chi connectivity index (χ0n) is 13.2. The van der Waals surface area contributed by atoms with Crippen LogP contribution in [0.25, 0.3) is 11.3 Å². The molecule has 3 rings (SSSR count). The number of rotatable bonds is 4. The first kappa shape index (κ1) is 17.0. The highest BCUT2D eigenvalue weighted by atomic mass is 79.9. The van der Waals surface area contributed by atoms with Crippen molar-refractivity contribution in [3.8, 4) is 11.3 Å². The monoisotopic (exact) mass is 399 g/mol. The molecule has 2 aromatic carbocycles. The number of hydrogen-bond acceptors (Lipinski definition) is 3. The summed E-state index contributed by atoms with van der Waals surface area (Å²) in [5, 5.41) is 11.8. The standard InChI is InChI=1S/C19H14BrNO4/c1-11-3-2-4-12(9-11)18(22)21-13-5-6-14(15(20)10-13)16-7-8-17(25-16)19(23)24/h2-10H,1H3,(H,21,22)(H,23,24). The molecule has 0 aliphatic heterocycles. The zero-order valence-corrected chi connectivity index (χ0v) is 14.8. The van der Waals surface area contributed by atoms with E-state index in [1.165, 1.54) is 6.07 Å². The number of hydrogen-bond donors (Lipinski definition) is 2. The van der Waals surface area contributed by atoms with Gasteiger partial charge in [-0.1, -0.05) is 17.7 Å². The normalized spacial score (nSPS) is 10.5. The molecular formula is C19H14BrNO4. The van der Waals surface area contributed by atoms with E-state index in [4.69, 9.17) is 9.52 Å². The molecule has 5 nitrogen and oxygen atoms in total. The number of benzene rings is 2. The van der Waals surface area contributed by atoms with Crippen LogP contribution in [-0.2, 0) is 0 Å². The average Bonchev–Trinajstić information content (AvgIpc) is 3.05. The van der Waals surface area contributed by atoms with Crippen molar-refractivity contribution in [1.82, 2.24) is 0 Å². The molecule has 0 radical (unpaired) electrons. The number of carbonyl (C=O) groups is 2. The van der Waals surface area contributed by atoms with Crippen LogP contribution in [0.3, 0.4) is 0 Å². The highest BCUT2D eigenvalue weighted by Crippen LogP contribution is 2.32. The zero-order chi connectivity index (χ0) is 18.0. The number of carbonyl (C=O) groups excluding carboxylic acids is 1. The molecule has 0 spiro atoms. The molecule has 2 N–H and O–H groups in total. The van der Waals surface area contributed by atoms with Crippen LogP contribution >= 0.6 is 15.9 Å². The van der Waals surface area contributed by atoms with Crippen molar-refractivity contribution in [2.75, 3.05) is 5.32 Å². The molecule has 6 heteroatoms. The summed E-state index contributed by atoms with van der Waals surface area (Å²) in [4.78, 5) is 23.2. The van der Waals surface area contributed by atoms with Crippen LogP contribution in [0.5, 0.6) is 0 Å².